The van der Waals surface area contributed by atoms with Gasteiger partial charge in [-0.05, 0) is 31.4 Å². The number of hydrogen-bond donors (Lipinski definition) is 2. The maximum atomic E-state index is 11.7. The second kappa shape index (κ2) is 5.52. The third-order valence-electron chi connectivity index (χ3n) is 2.87. The van der Waals surface area contributed by atoms with Crippen molar-refractivity contribution in [1.29, 1.82) is 0 Å². The zero-order chi connectivity index (χ0) is 12.3. The molecule has 92 valence electrons. The molecule has 0 saturated heterocycles. The van der Waals surface area contributed by atoms with E-state index < -0.39 is 0 Å². The second-order valence-electron chi connectivity index (χ2n) is 4.48. The van der Waals surface area contributed by atoms with E-state index in [1.54, 1.807) is 0 Å². The number of rotatable bonds is 5. The summed E-state index contributed by atoms with van der Waals surface area (Å²) in [5, 5.41) is 6.88. The molecule has 1 amide bonds. The van der Waals surface area contributed by atoms with E-state index in [4.69, 9.17) is 11.6 Å². The molecule has 3 nitrogen and oxygen atoms in total. The van der Waals surface area contributed by atoms with Crippen molar-refractivity contribution in [3.05, 3.63) is 34.9 Å². The number of nitrogens with one attached hydrogen (secondary N) is 2. The van der Waals surface area contributed by atoms with Crippen LogP contribution in [-0.4, -0.2) is 18.0 Å². The Morgan fingerprint density at radius 2 is 2.18 bits per heavy atom. The third-order valence-corrected chi connectivity index (χ3v) is 3.24. The predicted octanol–water partition coefficient (Wildman–Crippen LogP) is 2.10. The number of hydrogen-bond acceptors (Lipinski definition) is 2. The first-order valence-corrected chi connectivity index (χ1v) is 6.32. The average Bonchev–Trinajstić information content (AvgIpc) is 3.11. The smallest absolute Gasteiger partial charge is 0.237 e. The van der Waals surface area contributed by atoms with Crippen LogP contribution >= 0.6 is 11.6 Å². The average molecular weight is 253 g/mol. The first-order chi connectivity index (χ1) is 8.16. The monoisotopic (exact) mass is 252 g/mol. The summed E-state index contributed by atoms with van der Waals surface area (Å²) in [6, 6.07) is 7.88. The Morgan fingerprint density at radius 1 is 1.47 bits per heavy atom. The van der Waals surface area contributed by atoms with Crippen LogP contribution < -0.4 is 10.6 Å². The molecule has 0 radical (unpaired) electrons. The minimum absolute atomic E-state index is 0.0690. The van der Waals surface area contributed by atoms with Crippen LogP contribution in [0.25, 0.3) is 0 Å². The lowest BCUT2D eigenvalue weighted by Crippen LogP contribution is -2.42. The quantitative estimate of drug-likeness (QED) is 0.843. The van der Waals surface area contributed by atoms with E-state index in [0.717, 1.165) is 23.4 Å². The fourth-order valence-corrected chi connectivity index (χ4v) is 1.75. The summed E-state index contributed by atoms with van der Waals surface area (Å²) in [6.45, 7) is 2.48. The highest BCUT2D eigenvalue weighted by Crippen LogP contribution is 2.18. The summed E-state index contributed by atoms with van der Waals surface area (Å²) < 4.78 is 0. The zero-order valence-corrected chi connectivity index (χ0v) is 10.6. The number of carbonyl (C=O) groups excluding carboxylic acids is 1. The molecule has 1 saturated carbocycles. The van der Waals surface area contributed by atoms with Crippen LogP contribution in [0.15, 0.2) is 24.3 Å². The maximum Gasteiger partial charge on any atom is 0.237 e. The van der Waals surface area contributed by atoms with Crippen molar-refractivity contribution >= 4 is 17.5 Å². The summed E-state index contributed by atoms with van der Waals surface area (Å²) >= 11 is 6.04. The van der Waals surface area contributed by atoms with Crippen molar-refractivity contribution in [2.24, 2.45) is 0 Å². The van der Waals surface area contributed by atoms with Gasteiger partial charge in [-0.1, -0.05) is 29.8 Å². The van der Waals surface area contributed by atoms with Gasteiger partial charge in [-0.2, -0.15) is 0 Å². The van der Waals surface area contributed by atoms with E-state index in [-0.39, 0.29) is 11.9 Å². The van der Waals surface area contributed by atoms with Crippen LogP contribution in [0.3, 0.4) is 0 Å². The summed E-state index contributed by atoms with van der Waals surface area (Å²) in [5.74, 6) is 0.0690. The second-order valence-corrected chi connectivity index (χ2v) is 4.88. The van der Waals surface area contributed by atoms with Crippen LogP contribution in [0.5, 0.6) is 0 Å². The van der Waals surface area contributed by atoms with Crippen LogP contribution in [0.4, 0.5) is 0 Å². The highest BCUT2D eigenvalue weighted by Gasteiger charge is 2.25. The molecule has 1 unspecified atom stereocenters. The van der Waals surface area contributed by atoms with Gasteiger partial charge in [0, 0.05) is 17.6 Å². The van der Waals surface area contributed by atoms with Crippen LogP contribution in [0.1, 0.15) is 25.3 Å². The topological polar surface area (TPSA) is 41.1 Å². The Bertz CT molecular complexity index is 404. The predicted molar refractivity (Wildman–Crippen MR) is 68.9 cm³/mol. The van der Waals surface area contributed by atoms with Crippen molar-refractivity contribution < 1.29 is 4.79 Å². The Balaban J connectivity index is 1.80. The molecule has 0 heterocycles. The fourth-order valence-electron chi connectivity index (χ4n) is 1.55. The minimum Gasteiger partial charge on any atom is -0.352 e. The fraction of sp³-hybridized carbons (Fsp3) is 0.462. The summed E-state index contributed by atoms with van der Waals surface area (Å²) in [7, 11) is 0. The molecule has 1 fully saturated rings. The Hall–Kier alpha value is -1.06. The van der Waals surface area contributed by atoms with Gasteiger partial charge in [0.1, 0.15) is 0 Å². The Labute approximate surface area is 107 Å². The van der Waals surface area contributed by atoms with Gasteiger partial charge in [0.25, 0.3) is 0 Å². The lowest BCUT2D eigenvalue weighted by molar-refractivity contribution is -0.122. The lowest BCUT2D eigenvalue weighted by Gasteiger charge is -2.14. The van der Waals surface area contributed by atoms with E-state index in [0.29, 0.717) is 12.6 Å². The molecule has 1 aromatic rings. The summed E-state index contributed by atoms with van der Waals surface area (Å²) in [4.78, 5) is 11.7. The van der Waals surface area contributed by atoms with Gasteiger partial charge in [-0.3, -0.25) is 4.79 Å². The molecule has 1 aliphatic rings. The van der Waals surface area contributed by atoms with Crippen molar-refractivity contribution in [1.82, 2.24) is 10.6 Å². The largest absolute Gasteiger partial charge is 0.352 e. The van der Waals surface area contributed by atoms with E-state index >= 15 is 0 Å². The molecule has 17 heavy (non-hydrogen) atoms. The van der Waals surface area contributed by atoms with E-state index in [1.165, 1.54) is 0 Å². The Kier molecular flexibility index (Phi) is 4.02. The van der Waals surface area contributed by atoms with Crippen LogP contribution in [0, 0.1) is 0 Å². The molecule has 1 aromatic carbocycles. The molecule has 4 heteroatoms. The van der Waals surface area contributed by atoms with Gasteiger partial charge < -0.3 is 10.6 Å². The normalized spacial score (nSPS) is 16.6. The molecule has 0 aliphatic heterocycles. The van der Waals surface area contributed by atoms with Gasteiger partial charge in [-0.15, -0.1) is 0 Å². The van der Waals surface area contributed by atoms with Crippen molar-refractivity contribution in [3.63, 3.8) is 0 Å². The first-order valence-electron chi connectivity index (χ1n) is 5.94. The molecule has 2 N–H and O–H groups in total. The van der Waals surface area contributed by atoms with Gasteiger partial charge in [0.2, 0.25) is 5.91 Å². The number of amides is 1. The minimum atomic E-state index is -0.188. The molecule has 1 aliphatic carbocycles. The van der Waals surface area contributed by atoms with Crippen molar-refractivity contribution in [2.45, 2.75) is 38.4 Å². The van der Waals surface area contributed by atoms with Crippen LogP contribution in [-0.2, 0) is 11.3 Å². The SMILES string of the molecule is CC(NCc1ccccc1Cl)C(=O)NC1CC1. The van der Waals surface area contributed by atoms with Gasteiger partial charge in [-0.25, -0.2) is 0 Å². The first kappa shape index (κ1) is 12.4. The third kappa shape index (κ3) is 3.72. The molecule has 1 atom stereocenters. The molecule has 2 rings (SSSR count). The standard InChI is InChI=1S/C13H17ClN2O/c1-9(13(17)16-11-6-7-11)15-8-10-4-2-3-5-12(10)14/h2-5,9,11,15H,6-8H2,1H3,(H,16,17). The lowest BCUT2D eigenvalue weighted by atomic mass is 10.2. The maximum absolute atomic E-state index is 11.7. The van der Waals surface area contributed by atoms with Gasteiger partial charge in [0.15, 0.2) is 0 Å². The molecule has 0 aromatic heterocycles. The molecular formula is C13H17ClN2O. The van der Waals surface area contributed by atoms with Gasteiger partial charge in [0.05, 0.1) is 6.04 Å². The van der Waals surface area contributed by atoms with E-state index in [1.807, 2.05) is 31.2 Å². The van der Waals surface area contributed by atoms with Gasteiger partial charge >= 0.3 is 0 Å². The number of benzene rings is 1. The summed E-state index contributed by atoms with van der Waals surface area (Å²) in [6.07, 6.45) is 2.23. The number of halogens is 1. The highest BCUT2D eigenvalue weighted by atomic mass is 35.5. The van der Waals surface area contributed by atoms with E-state index in [9.17, 15) is 4.79 Å². The van der Waals surface area contributed by atoms with Crippen molar-refractivity contribution in [2.75, 3.05) is 0 Å². The highest BCUT2D eigenvalue weighted by molar-refractivity contribution is 6.31. The van der Waals surface area contributed by atoms with E-state index in [2.05, 4.69) is 10.6 Å². The zero-order valence-electron chi connectivity index (χ0n) is 9.87. The van der Waals surface area contributed by atoms with Crippen molar-refractivity contribution in [3.8, 4) is 0 Å². The number of carbonyl (C=O) groups is 1. The molecule has 0 spiro atoms. The summed E-state index contributed by atoms with van der Waals surface area (Å²) in [5.41, 5.74) is 1.01. The molecule has 0 bridgehead atoms. The van der Waals surface area contributed by atoms with Crippen LogP contribution in [0.2, 0.25) is 5.02 Å². The Morgan fingerprint density at radius 3 is 2.82 bits per heavy atom. The molecular weight excluding hydrogens is 236 g/mol.